The molecule has 2 aromatic heterocycles. The SMILES string of the molecule is C[C@@H]1OCC2(CCN(c3cnc(Sc4cccc(CC(=O)c5ncccn5)c4Cl)cn3)CC2)[C@@H]1N. The van der Waals surface area contributed by atoms with Crippen LogP contribution in [-0.4, -0.2) is 57.6 Å². The first kappa shape index (κ1) is 24.1. The minimum Gasteiger partial charge on any atom is -0.376 e. The summed E-state index contributed by atoms with van der Waals surface area (Å²) in [5.41, 5.74) is 7.24. The normalized spacial score (nSPS) is 21.4. The number of benzene rings is 1. The van der Waals surface area contributed by atoms with Gasteiger partial charge in [0.25, 0.3) is 0 Å². The summed E-state index contributed by atoms with van der Waals surface area (Å²) >= 11 is 8.06. The zero-order valence-electron chi connectivity index (χ0n) is 19.4. The first-order valence-corrected chi connectivity index (χ1v) is 12.8. The van der Waals surface area contributed by atoms with Crippen LogP contribution < -0.4 is 10.6 Å². The highest BCUT2D eigenvalue weighted by atomic mass is 35.5. The molecule has 35 heavy (non-hydrogen) atoms. The Kier molecular flexibility index (Phi) is 7.02. The number of ether oxygens (including phenoxy) is 1. The third-order valence-electron chi connectivity index (χ3n) is 6.97. The molecule has 0 radical (unpaired) electrons. The molecule has 5 rings (SSSR count). The lowest BCUT2D eigenvalue weighted by molar-refractivity contribution is 0.0973. The van der Waals surface area contributed by atoms with Crippen molar-refractivity contribution in [1.82, 2.24) is 19.9 Å². The van der Waals surface area contributed by atoms with Gasteiger partial charge in [0.2, 0.25) is 5.78 Å². The average Bonchev–Trinajstić information content (AvgIpc) is 3.16. The molecule has 2 N–H and O–H groups in total. The highest BCUT2D eigenvalue weighted by Gasteiger charge is 2.47. The number of halogens is 1. The molecule has 2 atom stereocenters. The number of Topliss-reactive ketones (excluding diaryl/α,β-unsaturated/α-hetero) is 1. The first-order valence-electron chi connectivity index (χ1n) is 11.6. The van der Waals surface area contributed by atoms with Gasteiger partial charge in [-0.1, -0.05) is 35.5 Å². The second-order valence-electron chi connectivity index (χ2n) is 9.11. The van der Waals surface area contributed by atoms with Crippen LogP contribution in [0.5, 0.6) is 0 Å². The van der Waals surface area contributed by atoms with E-state index in [2.05, 4.69) is 31.8 Å². The van der Waals surface area contributed by atoms with Gasteiger partial charge in [-0.15, -0.1) is 0 Å². The van der Waals surface area contributed by atoms with Crippen LogP contribution in [0, 0.1) is 5.41 Å². The van der Waals surface area contributed by atoms with E-state index in [1.807, 2.05) is 24.4 Å². The largest absolute Gasteiger partial charge is 0.376 e. The number of rotatable bonds is 6. The van der Waals surface area contributed by atoms with E-state index in [4.69, 9.17) is 22.1 Å². The summed E-state index contributed by atoms with van der Waals surface area (Å²) in [6, 6.07) is 7.40. The number of hydrogen-bond donors (Lipinski definition) is 1. The second-order valence-corrected chi connectivity index (χ2v) is 10.5. The monoisotopic (exact) mass is 510 g/mol. The first-order chi connectivity index (χ1) is 16.9. The summed E-state index contributed by atoms with van der Waals surface area (Å²) in [6.07, 6.45) is 8.91. The predicted octanol–water partition coefficient (Wildman–Crippen LogP) is 3.83. The number of aromatic nitrogens is 4. The minimum absolute atomic E-state index is 0.0783. The molecule has 4 heterocycles. The lowest BCUT2D eigenvalue weighted by atomic mass is 9.73. The molecular formula is C25H27ClN6O2S. The van der Waals surface area contributed by atoms with Crippen molar-refractivity contribution in [3.8, 4) is 0 Å². The van der Waals surface area contributed by atoms with Gasteiger partial charge in [-0.3, -0.25) is 4.79 Å². The zero-order chi connectivity index (χ0) is 24.4. The lowest BCUT2D eigenvalue weighted by Gasteiger charge is -2.41. The smallest absolute Gasteiger partial charge is 0.204 e. The number of hydrogen-bond acceptors (Lipinski definition) is 9. The summed E-state index contributed by atoms with van der Waals surface area (Å²) in [5, 5.41) is 1.26. The van der Waals surface area contributed by atoms with Gasteiger partial charge < -0.3 is 15.4 Å². The molecule has 1 aromatic carbocycles. The molecule has 3 aromatic rings. The van der Waals surface area contributed by atoms with E-state index >= 15 is 0 Å². The van der Waals surface area contributed by atoms with Crippen LogP contribution in [0.15, 0.2) is 59.0 Å². The number of anilines is 1. The second kappa shape index (κ2) is 10.2. The summed E-state index contributed by atoms with van der Waals surface area (Å²) in [5.74, 6) is 0.864. The molecule has 2 fully saturated rings. The Balaban J connectivity index is 1.22. The van der Waals surface area contributed by atoms with E-state index in [9.17, 15) is 4.79 Å². The highest BCUT2D eigenvalue weighted by Crippen LogP contribution is 2.42. The van der Waals surface area contributed by atoms with Gasteiger partial charge >= 0.3 is 0 Å². The van der Waals surface area contributed by atoms with Crippen molar-refractivity contribution >= 4 is 35.0 Å². The summed E-state index contributed by atoms with van der Waals surface area (Å²) in [7, 11) is 0. The summed E-state index contributed by atoms with van der Waals surface area (Å²) in [6.45, 7) is 4.58. The van der Waals surface area contributed by atoms with Gasteiger partial charge in [0.15, 0.2) is 5.82 Å². The van der Waals surface area contributed by atoms with E-state index in [-0.39, 0.29) is 35.6 Å². The van der Waals surface area contributed by atoms with Crippen molar-refractivity contribution in [2.75, 3.05) is 24.6 Å². The van der Waals surface area contributed by atoms with Gasteiger partial charge in [-0.05, 0) is 37.5 Å². The molecule has 0 amide bonds. The van der Waals surface area contributed by atoms with E-state index in [0.717, 1.165) is 53.8 Å². The fraction of sp³-hybridized carbons (Fsp3) is 0.400. The Morgan fingerprint density at radius 2 is 1.94 bits per heavy atom. The van der Waals surface area contributed by atoms with Gasteiger partial charge in [0, 0.05) is 48.3 Å². The van der Waals surface area contributed by atoms with E-state index in [1.54, 1.807) is 24.7 Å². The molecule has 0 aliphatic carbocycles. The van der Waals surface area contributed by atoms with Crippen LogP contribution in [0.4, 0.5) is 5.82 Å². The average molecular weight is 511 g/mol. The molecule has 8 nitrogen and oxygen atoms in total. The topological polar surface area (TPSA) is 107 Å². The van der Waals surface area contributed by atoms with Crippen LogP contribution in [-0.2, 0) is 11.2 Å². The lowest BCUT2D eigenvalue weighted by Crippen LogP contribution is -2.50. The number of ketones is 1. The molecule has 2 saturated heterocycles. The Bertz CT molecular complexity index is 1190. The quantitative estimate of drug-likeness (QED) is 0.495. The maximum Gasteiger partial charge on any atom is 0.204 e. The Labute approximate surface area is 213 Å². The van der Waals surface area contributed by atoms with Crippen LogP contribution >= 0.6 is 23.4 Å². The van der Waals surface area contributed by atoms with Crippen molar-refractivity contribution < 1.29 is 9.53 Å². The fourth-order valence-electron chi connectivity index (χ4n) is 4.76. The maximum atomic E-state index is 12.5. The van der Waals surface area contributed by atoms with Crippen molar-refractivity contribution in [3.63, 3.8) is 0 Å². The number of carbonyl (C=O) groups excluding carboxylic acids is 1. The molecular weight excluding hydrogens is 484 g/mol. The molecule has 0 saturated carbocycles. The Hall–Kier alpha value is -2.59. The molecule has 0 bridgehead atoms. The van der Waals surface area contributed by atoms with Crippen LogP contribution in [0.3, 0.4) is 0 Å². The van der Waals surface area contributed by atoms with Crippen molar-refractivity contribution in [1.29, 1.82) is 0 Å². The van der Waals surface area contributed by atoms with E-state index in [0.29, 0.717) is 5.02 Å². The molecule has 182 valence electrons. The van der Waals surface area contributed by atoms with E-state index in [1.165, 1.54) is 11.8 Å². The van der Waals surface area contributed by atoms with Crippen LogP contribution in [0.25, 0.3) is 0 Å². The molecule has 2 aliphatic rings. The van der Waals surface area contributed by atoms with Gasteiger partial charge in [0.05, 0.1) is 30.1 Å². The van der Waals surface area contributed by atoms with Crippen LogP contribution in [0.2, 0.25) is 5.02 Å². The van der Waals surface area contributed by atoms with E-state index < -0.39 is 0 Å². The number of nitrogens with two attached hydrogens (primary N) is 1. The van der Waals surface area contributed by atoms with Gasteiger partial charge in [-0.25, -0.2) is 19.9 Å². The third kappa shape index (κ3) is 5.04. The maximum absolute atomic E-state index is 12.5. The third-order valence-corrected chi connectivity index (χ3v) is 8.51. The number of nitrogens with zero attached hydrogens (tertiary/aromatic N) is 5. The van der Waals surface area contributed by atoms with Crippen LogP contribution in [0.1, 0.15) is 35.9 Å². The molecule has 0 unspecified atom stereocenters. The molecule has 10 heteroatoms. The fourth-order valence-corrected chi connectivity index (χ4v) is 5.87. The zero-order valence-corrected chi connectivity index (χ0v) is 21.0. The van der Waals surface area contributed by atoms with Crippen molar-refractivity contribution in [3.05, 3.63) is 65.5 Å². The van der Waals surface area contributed by atoms with Gasteiger partial charge in [0.1, 0.15) is 10.8 Å². The molecule has 1 spiro atoms. The number of carbonyl (C=O) groups is 1. The summed E-state index contributed by atoms with van der Waals surface area (Å²) < 4.78 is 5.82. The highest BCUT2D eigenvalue weighted by molar-refractivity contribution is 7.99. The predicted molar refractivity (Wildman–Crippen MR) is 135 cm³/mol. The Morgan fingerprint density at radius 3 is 2.60 bits per heavy atom. The molecule has 2 aliphatic heterocycles. The van der Waals surface area contributed by atoms with Gasteiger partial charge in [-0.2, -0.15) is 0 Å². The summed E-state index contributed by atoms with van der Waals surface area (Å²) in [4.78, 5) is 32.9. The standard InChI is InChI=1S/C25H27ClN6O2S/c1-16-23(27)25(15-34-16)6-10-32(11-7-25)20-13-31-21(14-30-20)35-19-5-2-4-17(22(19)26)12-18(33)24-28-8-3-9-29-24/h2-5,8-9,13-14,16,23H,6-7,10-12,15,27H2,1H3/t16-,23+/m0/s1. The van der Waals surface area contributed by atoms with Crippen molar-refractivity contribution in [2.24, 2.45) is 11.1 Å². The van der Waals surface area contributed by atoms with Crippen molar-refractivity contribution in [2.45, 2.75) is 48.3 Å². The Morgan fingerprint density at radius 1 is 1.17 bits per heavy atom. The minimum atomic E-state index is -0.179. The number of piperidine rings is 1.